The van der Waals surface area contributed by atoms with Crippen LogP contribution in [0.4, 0.5) is 0 Å². The lowest BCUT2D eigenvalue weighted by Gasteiger charge is -2.52. The summed E-state index contributed by atoms with van der Waals surface area (Å²) in [5, 5.41) is 0. The first-order valence-corrected chi connectivity index (χ1v) is 9.45. The third kappa shape index (κ3) is 4.50. The van der Waals surface area contributed by atoms with Crippen molar-refractivity contribution in [3.8, 4) is 0 Å². The van der Waals surface area contributed by atoms with E-state index in [0.717, 1.165) is 52.5 Å². The van der Waals surface area contributed by atoms with Crippen LogP contribution in [0.3, 0.4) is 0 Å². The van der Waals surface area contributed by atoms with Crippen molar-refractivity contribution < 1.29 is 14.2 Å². The molecular formula is C19H36N2O3. The van der Waals surface area contributed by atoms with Crippen molar-refractivity contribution >= 4 is 0 Å². The molecule has 0 aromatic heterocycles. The van der Waals surface area contributed by atoms with Crippen molar-refractivity contribution in [2.45, 2.75) is 65.0 Å². The van der Waals surface area contributed by atoms with E-state index in [1.165, 1.54) is 0 Å². The number of nitrogens with zero attached hydrogens (tertiary/aromatic N) is 2. The van der Waals surface area contributed by atoms with Gasteiger partial charge in [-0.2, -0.15) is 0 Å². The molecule has 3 rings (SSSR count). The molecule has 0 saturated carbocycles. The number of hydrogen-bond donors (Lipinski definition) is 0. The fraction of sp³-hybridized carbons (Fsp3) is 1.00. The molecule has 5 heteroatoms. The average Bonchev–Trinajstić information content (AvgIpc) is 2.30. The molecular weight excluding hydrogens is 304 g/mol. The second-order valence-corrected chi connectivity index (χ2v) is 9.71. The van der Waals surface area contributed by atoms with Crippen LogP contribution in [-0.2, 0) is 14.2 Å². The summed E-state index contributed by atoms with van der Waals surface area (Å²) in [6, 6.07) is 0. The molecule has 3 aliphatic rings. The Hall–Kier alpha value is -0.200. The van der Waals surface area contributed by atoms with Gasteiger partial charge < -0.3 is 14.2 Å². The zero-order valence-electron chi connectivity index (χ0n) is 16.4. The minimum atomic E-state index is -0.0566. The average molecular weight is 341 g/mol. The van der Waals surface area contributed by atoms with Gasteiger partial charge in [0, 0.05) is 44.7 Å². The molecule has 0 N–H and O–H groups in total. The molecule has 3 saturated heterocycles. The summed E-state index contributed by atoms with van der Waals surface area (Å²) in [7, 11) is 0. The summed E-state index contributed by atoms with van der Waals surface area (Å²) in [5.74, 6) is 0. The van der Waals surface area contributed by atoms with Crippen LogP contribution in [0.25, 0.3) is 0 Å². The van der Waals surface area contributed by atoms with Crippen LogP contribution in [0.15, 0.2) is 0 Å². The third-order valence-corrected chi connectivity index (χ3v) is 5.21. The smallest absolute Gasteiger partial charge is 0.0757 e. The maximum Gasteiger partial charge on any atom is 0.0757 e. The number of rotatable bonds is 4. The zero-order valence-corrected chi connectivity index (χ0v) is 16.4. The predicted molar refractivity (Wildman–Crippen MR) is 95.4 cm³/mol. The van der Waals surface area contributed by atoms with Crippen LogP contribution < -0.4 is 0 Å². The van der Waals surface area contributed by atoms with Gasteiger partial charge in [-0.3, -0.25) is 9.80 Å². The van der Waals surface area contributed by atoms with Crippen molar-refractivity contribution in [2.75, 3.05) is 52.5 Å². The largest absolute Gasteiger partial charge is 0.380 e. The number of morpholine rings is 2. The minimum absolute atomic E-state index is 0.0566. The highest BCUT2D eigenvalue weighted by Crippen LogP contribution is 2.34. The molecule has 0 radical (unpaired) electrons. The second kappa shape index (κ2) is 6.51. The second-order valence-electron chi connectivity index (χ2n) is 9.71. The van der Waals surface area contributed by atoms with Crippen molar-refractivity contribution in [1.29, 1.82) is 0 Å². The van der Waals surface area contributed by atoms with Gasteiger partial charge in [-0.15, -0.1) is 0 Å². The van der Waals surface area contributed by atoms with Crippen molar-refractivity contribution in [2.24, 2.45) is 5.41 Å². The molecule has 0 amide bonds. The predicted octanol–water partition coefficient (Wildman–Crippen LogP) is 2.00. The van der Waals surface area contributed by atoms with Crippen LogP contribution >= 0.6 is 0 Å². The lowest BCUT2D eigenvalue weighted by Crippen LogP contribution is -2.63. The van der Waals surface area contributed by atoms with Crippen molar-refractivity contribution in [3.05, 3.63) is 0 Å². The Kier molecular flexibility index (Phi) is 5.04. The molecule has 3 fully saturated rings. The van der Waals surface area contributed by atoms with Gasteiger partial charge in [-0.25, -0.2) is 0 Å². The van der Waals surface area contributed by atoms with Crippen LogP contribution in [0.5, 0.6) is 0 Å². The van der Waals surface area contributed by atoms with Gasteiger partial charge in [-0.05, 0) is 41.5 Å². The highest BCUT2D eigenvalue weighted by molar-refractivity contribution is 4.96. The van der Waals surface area contributed by atoms with E-state index in [0.29, 0.717) is 12.2 Å². The normalized spacial score (nSPS) is 36.2. The standard InChI is InChI=1S/C19H36N2O3/c1-15-7-20(9-17(3,4)23-15)11-19(13-22-14-19)12-21-8-16(2)24-18(5,6)10-21/h15-16H,7-14H2,1-6H3/t15-,16+. The molecule has 0 spiro atoms. The van der Waals surface area contributed by atoms with Crippen LogP contribution in [-0.4, -0.2) is 85.7 Å². The van der Waals surface area contributed by atoms with E-state index in [-0.39, 0.29) is 16.6 Å². The number of hydrogen-bond acceptors (Lipinski definition) is 5. The Morgan fingerprint density at radius 3 is 1.50 bits per heavy atom. The quantitative estimate of drug-likeness (QED) is 0.782. The number of ether oxygens (including phenoxy) is 3. The van der Waals surface area contributed by atoms with Crippen LogP contribution in [0, 0.1) is 5.41 Å². The summed E-state index contributed by atoms with van der Waals surface area (Å²) in [6.45, 7) is 21.2. The Morgan fingerprint density at radius 1 is 0.792 bits per heavy atom. The van der Waals surface area contributed by atoms with Gasteiger partial charge in [0.1, 0.15) is 0 Å². The van der Waals surface area contributed by atoms with E-state index in [2.05, 4.69) is 51.3 Å². The summed E-state index contributed by atoms with van der Waals surface area (Å²) < 4.78 is 17.8. The highest BCUT2D eigenvalue weighted by atomic mass is 16.5. The van der Waals surface area contributed by atoms with E-state index < -0.39 is 0 Å². The van der Waals surface area contributed by atoms with Crippen molar-refractivity contribution in [1.82, 2.24) is 9.80 Å². The van der Waals surface area contributed by atoms with E-state index in [1.54, 1.807) is 0 Å². The highest BCUT2D eigenvalue weighted by Gasteiger charge is 2.45. The summed E-state index contributed by atoms with van der Waals surface area (Å²) in [6.07, 6.45) is 0.600. The maximum atomic E-state index is 6.06. The molecule has 0 aromatic carbocycles. The van der Waals surface area contributed by atoms with Gasteiger partial charge >= 0.3 is 0 Å². The van der Waals surface area contributed by atoms with E-state index in [4.69, 9.17) is 14.2 Å². The molecule has 0 aliphatic carbocycles. The van der Waals surface area contributed by atoms with Crippen molar-refractivity contribution in [3.63, 3.8) is 0 Å². The molecule has 3 aliphatic heterocycles. The van der Waals surface area contributed by atoms with Crippen LogP contribution in [0.2, 0.25) is 0 Å². The van der Waals surface area contributed by atoms with Gasteiger partial charge in [0.05, 0.1) is 36.6 Å². The Balaban J connectivity index is 1.62. The molecule has 24 heavy (non-hydrogen) atoms. The monoisotopic (exact) mass is 340 g/mol. The lowest BCUT2D eigenvalue weighted by molar-refractivity contribution is -0.187. The first kappa shape index (κ1) is 18.6. The van der Waals surface area contributed by atoms with E-state index in [9.17, 15) is 0 Å². The molecule has 140 valence electrons. The van der Waals surface area contributed by atoms with E-state index in [1.807, 2.05) is 0 Å². The molecule has 5 nitrogen and oxygen atoms in total. The first-order valence-electron chi connectivity index (χ1n) is 9.45. The minimum Gasteiger partial charge on any atom is -0.380 e. The van der Waals surface area contributed by atoms with E-state index >= 15 is 0 Å². The summed E-state index contributed by atoms with van der Waals surface area (Å²) in [5.41, 5.74) is 0.151. The van der Waals surface area contributed by atoms with Gasteiger partial charge in [-0.1, -0.05) is 0 Å². The third-order valence-electron chi connectivity index (χ3n) is 5.21. The molecule has 0 aromatic rings. The summed E-state index contributed by atoms with van der Waals surface area (Å²) >= 11 is 0. The van der Waals surface area contributed by atoms with Gasteiger partial charge in [0.25, 0.3) is 0 Å². The SMILES string of the molecule is C[C@@H]1CN(CC2(CN3C[C@H](C)OC(C)(C)C3)COC2)CC(C)(C)O1. The lowest BCUT2D eigenvalue weighted by atomic mass is 9.83. The molecule has 0 bridgehead atoms. The Morgan fingerprint density at radius 2 is 1.21 bits per heavy atom. The maximum absolute atomic E-state index is 6.06. The summed E-state index contributed by atoms with van der Waals surface area (Å²) in [4.78, 5) is 5.18. The Labute approximate surface area is 147 Å². The zero-order chi connectivity index (χ0) is 17.6. The molecule has 3 heterocycles. The molecule has 0 unspecified atom stereocenters. The van der Waals surface area contributed by atoms with Gasteiger partial charge in [0.15, 0.2) is 0 Å². The first-order chi connectivity index (χ1) is 11.1. The topological polar surface area (TPSA) is 34.2 Å². The fourth-order valence-electron chi connectivity index (χ4n) is 4.98. The fourth-order valence-corrected chi connectivity index (χ4v) is 4.98. The Bertz CT molecular complexity index is 412. The molecule has 2 atom stereocenters. The van der Waals surface area contributed by atoms with Crippen LogP contribution in [0.1, 0.15) is 41.5 Å². The van der Waals surface area contributed by atoms with Gasteiger partial charge in [0.2, 0.25) is 0 Å².